The van der Waals surface area contributed by atoms with Crippen molar-refractivity contribution in [2.75, 3.05) is 12.4 Å². The number of nitrogens with one attached hydrogen (secondary N) is 1. The molecule has 0 radical (unpaired) electrons. The number of benzene rings is 1. The van der Waals surface area contributed by atoms with Gasteiger partial charge < -0.3 is 15.0 Å². The topological polar surface area (TPSA) is 54.5 Å². The molecule has 2 rings (SSSR count). The number of carbonyl (C=O) groups excluding carboxylic acids is 1. The number of ether oxygens (including phenoxy) is 1. The monoisotopic (exact) mass is 377 g/mol. The molecule has 1 aromatic heterocycles. The SMILES string of the molecule is CC(C)Oc1ncccc1NC(=O)N(C)Cc1ccccc1Br. The van der Waals surface area contributed by atoms with Gasteiger partial charge in [0.2, 0.25) is 5.88 Å². The third kappa shape index (κ3) is 4.96. The molecule has 0 saturated heterocycles. The summed E-state index contributed by atoms with van der Waals surface area (Å²) in [5, 5.41) is 2.84. The van der Waals surface area contributed by atoms with E-state index in [0.29, 0.717) is 18.1 Å². The van der Waals surface area contributed by atoms with E-state index in [4.69, 9.17) is 4.74 Å². The van der Waals surface area contributed by atoms with Crippen LogP contribution < -0.4 is 10.1 Å². The van der Waals surface area contributed by atoms with Crippen LogP contribution in [0.3, 0.4) is 0 Å². The maximum atomic E-state index is 12.4. The van der Waals surface area contributed by atoms with Gasteiger partial charge in [-0.2, -0.15) is 0 Å². The first kappa shape index (κ1) is 17.3. The molecule has 1 N–H and O–H groups in total. The van der Waals surface area contributed by atoms with Crippen molar-refractivity contribution in [3.63, 3.8) is 0 Å². The van der Waals surface area contributed by atoms with Crippen LogP contribution in [0.4, 0.5) is 10.5 Å². The Bertz CT molecular complexity index is 676. The predicted molar refractivity (Wildman–Crippen MR) is 94.6 cm³/mol. The van der Waals surface area contributed by atoms with Crippen molar-refractivity contribution in [3.8, 4) is 5.88 Å². The second-order valence-electron chi connectivity index (χ2n) is 5.40. The van der Waals surface area contributed by atoms with Crippen LogP contribution in [0.5, 0.6) is 5.88 Å². The number of halogens is 1. The lowest BCUT2D eigenvalue weighted by Crippen LogP contribution is -2.31. The van der Waals surface area contributed by atoms with Gasteiger partial charge in [0.15, 0.2) is 0 Å². The smallest absolute Gasteiger partial charge is 0.322 e. The normalized spacial score (nSPS) is 10.5. The van der Waals surface area contributed by atoms with Gasteiger partial charge in [0.05, 0.1) is 6.10 Å². The Morgan fingerprint density at radius 2 is 2.04 bits per heavy atom. The van der Waals surface area contributed by atoms with Crippen molar-refractivity contribution in [1.29, 1.82) is 0 Å². The van der Waals surface area contributed by atoms with E-state index in [0.717, 1.165) is 10.0 Å². The Balaban J connectivity index is 2.05. The van der Waals surface area contributed by atoms with Gasteiger partial charge >= 0.3 is 6.03 Å². The Labute approximate surface area is 144 Å². The lowest BCUT2D eigenvalue weighted by atomic mass is 10.2. The van der Waals surface area contributed by atoms with Crippen molar-refractivity contribution in [1.82, 2.24) is 9.88 Å². The number of hydrogen-bond donors (Lipinski definition) is 1. The molecular formula is C17H20BrN3O2. The molecule has 122 valence electrons. The Kier molecular flexibility index (Phi) is 5.98. The second kappa shape index (κ2) is 7.97. The van der Waals surface area contributed by atoms with Gasteiger partial charge in [-0.3, -0.25) is 0 Å². The van der Waals surface area contributed by atoms with Crippen LogP contribution in [0.25, 0.3) is 0 Å². The van der Waals surface area contributed by atoms with E-state index >= 15 is 0 Å². The van der Waals surface area contributed by atoms with Crippen LogP contribution in [0.1, 0.15) is 19.4 Å². The Hall–Kier alpha value is -2.08. The molecule has 0 fully saturated rings. The zero-order valence-electron chi connectivity index (χ0n) is 13.4. The minimum absolute atomic E-state index is 0.0152. The average molecular weight is 378 g/mol. The summed E-state index contributed by atoms with van der Waals surface area (Å²) < 4.78 is 6.59. The van der Waals surface area contributed by atoms with Crippen LogP contribution in [0.2, 0.25) is 0 Å². The van der Waals surface area contributed by atoms with E-state index in [1.54, 1.807) is 30.3 Å². The summed E-state index contributed by atoms with van der Waals surface area (Å²) in [5.41, 5.74) is 1.60. The lowest BCUT2D eigenvalue weighted by Gasteiger charge is -2.20. The fraction of sp³-hybridized carbons (Fsp3) is 0.294. The summed E-state index contributed by atoms with van der Waals surface area (Å²) in [5.74, 6) is 0.421. The van der Waals surface area contributed by atoms with Crippen LogP contribution in [-0.4, -0.2) is 29.1 Å². The first-order valence-electron chi connectivity index (χ1n) is 7.34. The van der Waals surface area contributed by atoms with E-state index < -0.39 is 0 Å². The van der Waals surface area contributed by atoms with Gasteiger partial charge in [-0.05, 0) is 37.6 Å². The summed E-state index contributed by atoms with van der Waals surface area (Å²) in [7, 11) is 1.74. The number of anilines is 1. The first-order valence-corrected chi connectivity index (χ1v) is 8.14. The molecule has 6 heteroatoms. The number of pyridine rings is 1. The summed E-state index contributed by atoms with van der Waals surface area (Å²) in [6.07, 6.45) is 1.62. The standard InChI is InChI=1S/C17H20BrN3O2/c1-12(2)23-16-15(9-6-10-19-16)20-17(22)21(3)11-13-7-4-5-8-14(13)18/h4-10,12H,11H2,1-3H3,(H,20,22). The van der Waals surface area contributed by atoms with Gasteiger partial charge in [0.25, 0.3) is 0 Å². The molecule has 1 heterocycles. The van der Waals surface area contributed by atoms with Crippen LogP contribution >= 0.6 is 15.9 Å². The van der Waals surface area contributed by atoms with Crippen molar-refractivity contribution in [2.45, 2.75) is 26.5 Å². The number of amides is 2. The third-order valence-corrected chi connectivity index (χ3v) is 3.85. The molecule has 5 nitrogen and oxygen atoms in total. The number of urea groups is 1. The molecule has 2 amide bonds. The number of rotatable bonds is 5. The van der Waals surface area contributed by atoms with Gasteiger partial charge in [-0.1, -0.05) is 34.1 Å². The zero-order chi connectivity index (χ0) is 16.8. The van der Waals surface area contributed by atoms with Crippen LogP contribution in [-0.2, 0) is 6.54 Å². The molecule has 0 aliphatic rings. The highest BCUT2D eigenvalue weighted by Crippen LogP contribution is 2.23. The van der Waals surface area contributed by atoms with Gasteiger partial charge in [0.1, 0.15) is 5.69 Å². The molecule has 0 unspecified atom stereocenters. The zero-order valence-corrected chi connectivity index (χ0v) is 15.0. The molecular weight excluding hydrogens is 358 g/mol. The Morgan fingerprint density at radius 1 is 1.30 bits per heavy atom. The highest BCUT2D eigenvalue weighted by molar-refractivity contribution is 9.10. The molecule has 0 aliphatic carbocycles. The lowest BCUT2D eigenvalue weighted by molar-refractivity contribution is 0.218. The highest BCUT2D eigenvalue weighted by atomic mass is 79.9. The second-order valence-corrected chi connectivity index (χ2v) is 6.25. The highest BCUT2D eigenvalue weighted by Gasteiger charge is 2.14. The summed E-state index contributed by atoms with van der Waals surface area (Å²) in [6, 6.07) is 11.1. The van der Waals surface area contributed by atoms with Crippen molar-refractivity contribution in [2.24, 2.45) is 0 Å². The fourth-order valence-electron chi connectivity index (χ4n) is 1.97. The van der Waals surface area contributed by atoms with E-state index in [9.17, 15) is 4.79 Å². The van der Waals surface area contributed by atoms with E-state index in [1.807, 2.05) is 38.1 Å². The van der Waals surface area contributed by atoms with Crippen molar-refractivity contribution < 1.29 is 9.53 Å². The van der Waals surface area contributed by atoms with Crippen molar-refractivity contribution >= 4 is 27.6 Å². The maximum Gasteiger partial charge on any atom is 0.322 e. The van der Waals surface area contributed by atoms with E-state index in [2.05, 4.69) is 26.2 Å². The van der Waals surface area contributed by atoms with E-state index in [1.165, 1.54) is 0 Å². The molecule has 23 heavy (non-hydrogen) atoms. The van der Waals surface area contributed by atoms with E-state index in [-0.39, 0.29) is 12.1 Å². The van der Waals surface area contributed by atoms with Gasteiger partial charge in [-0.25, -0.2) is 9.78 Å². The Morgan fingerprint density at radius 3 is 2.74 bits per heavy atom. The number of aromatic nitrogens is 1. The molecule has 0 spiro atoms. The minimum Gasteiger partial charge on any atom is -0.473 e. The average Bonchev–Trinajstić information content (AvgIpc) is 2.51. The molecule has 2 aromatic rings. The summed E-state index contributed by atoms with van der Waals surface area (Å²) in [6.45, 7) is 4.33. The first-order chi connectivity index (χ1) is 11.0. The number of nitrogens with zero attached hydrogens (tertiary/aromatic N) is 2. The van der Waals surface area contributed by atoms with Crippen molar-refractivity contribution in [3.05, 3.63) is 52.6 Å². The van der Waals surface area contributed by atoms with Gasteiger partial charge in [-0.15, -0.1) is 0 Å². The summed E-state index contributed by atoms with van der Waals surface area (Å²) >= 11 is 3.49. The molecule has 0 bridgehead atoms. The third-order valence-electron chi connectivity index (χ3n) is 3.07. The molecule has 0 saturated carbocycles. The minimum atomic E-state index is -0.220. The van der Waals surface area contributed by atoms with Crippen LogP contribution in [0, 0.1) is 0 Å². The maximum absolute atomic E-state index is 12.4. The molecule has 0 aliphatic heterocycles. The largest absolute Gasteiger partial charge is 0.473 e. The van der Waals surface area contributed by atoms with Crippen LogP contribution in [0.15, 0.2) is 47.1 Å². The molecule has 1 aromatic carbocycles. The fourth-order valence-corrected chi connectivity index (χ4v) is 2.38. The summed E-state index contributed by atoms with van der Waals surface area (Å²) in [4.78, 5) is 18.2. The number of hydrogen-bond acceptors (Lipinski definition) is 3. The molecule has 0 atom stereocenters. The predicted octanol–water partition coefficient (Wildman–Crippen LogP) is 4.30. The number of carbonyl (C=O) groups is 1. The van der Waals surface area contributed by atoms with Gasteiger partial charge in [0, 0.05) is 24.3 Å². The quantitative estimate of drug-likeness (QED) is 0.844.